The number of ether oxygens (including phenoxy) is 1. The molecule has 1 aliphatic carbocycles. The molecule has 0 unspecified atom stereocenters. The van der Waals surface area contributed by atoms with Crippen LogP contribution in [0.3, 0.4) is 0 Å². The Morgan fingerprint density at radius 3 is 2.49 bits per heavy atom. The van der Waals surface area contributed by atoms with E-state index in [-0.39, 0.29) is 11.8 Å². The Labute approximate surface area is 246 Å². The van der Waals surface area contributed by atoms with Gasteiger partial charge in [0.1, 0.15) is 0 Å². The van der Waals surface area contributed by atoms with E-state index in [0.29, 0.717) is 22.5 Å². The van der Waals surface area contributed by atoms with Gasteiger partial charge in [0.2, 0.25) is 11.7 Å². The highest BCUT2D eigenvalue weighted by atomic mass is 32.2. The van der Waals surface area contributed by atoms with Crippen LogP contribution < -0.4 is 20.3 Å². The number of nitrogens with zero attached hydrogens (tertiary/aromatic N) is 6. The first-order valence-electron chi connectivity index (χ1n) is 14.3. The van der Waals surface area contributed by atoms with Gasteiger partial charge in [0.05, 0.1) is 7.11 Å². The first kappa shape index (κ1) is 29.2. The normalized spacial score (nSPS) is 16.4. The lowest BCUT2D eigenvalue weighted by molar-refractivity contribution is -0.119. The van der Waals surface area contributed by atoms with Crippen molar-refractivity contribution in [2.75, 3.05) is 76.0 Å². The van der Waals surface area contributed by atoms with Crippen LogP contribution in [0.4, 0.5) is 23.1 Å². The van der Waals surface area contributed by atoms with Gasteiger partial charge in [-0.1, -0.05) is 12.8 Å². The number of carbonyl (C=O) groups excluding carboxylic acids is 1. The summed E-state index contributed by atoms with van der Waals surface area (Å²) in [5, 5.41) is 14.3. The number of anilines is 4. The molecule has 3 heterocycles. The third-order valence-electron chi connectivity index (χ3n) is 7.58. The SMILES string of the molecule is COc1c(Nc2cc(C)[nH]n2)nc(Sc2ccc(NC(=O)C3CCCC3)cc2)nc1N1CCN(CCN(C)C)CC1. The number of piperazine rings is 1. The average molecular weight is 580 g/mol. The first-order chi connectivity index (χ1) is 19.9. The summed E-state index contributed by atoms with van der Waals surface area (Å²) in [6.07, 6.45) is 4.24. The second-order valence-corrected chi connectivity index (χ2v) is 12.0. The third kappa shape index (κ3) is 7.69. The Balaban J connectivity index is 1.35. The topological polar surface area (TPSA) is 115 Å². The van der Waals surface area contributed by atoms with Crippen molar-refractivity contribution in [3.8, 4) is 5.75 Å². The zero-order valence-electron chi connectivity index (χ0n) is 24.4. The van der Waals surface area contributed by atoms with E-state index in [1.165, 1.54) is 11.8 Å². The highest BCUT2D eigenvalue weighted by molar-refractivity contribution is 7.99. The zero-order chi connectivity index (χ0) is 28.8. The number of rotatable bonds is 11. The van der Waals surface area contributed by atoms with Crippen LogP contribution in [-0.4, -0.2) is 96.3 Å². The predicted molar refractivity (Wildman–Crippen MR) is 164 cm³/mol. The van der Waals surface area contributed by atoms with Crippen molar-refractivity contribution in [3.63, 3.8) is 0 Å². The molecule has 1 aromatic carbocycles. The molecule has 1 aliphatic heterocycles. The molecule has 2 aliphatic rings. The average Bonchev–Trinajstić information content (AvgIpc) is 3.65. The van der Waals surface area contributed by atoms with Gasteiger partial charge in [-0.25, -0.2) is 9.97 Å². The van der Waals surface area contributed by atoms with E-state index in [9.17, 15) is 4.79 Å². The van der Waals surface area contributed by atoms with E-state index in [4.69, 9.17) is 14.7 Å². The molecule has 12 heteroatoms. The van der Waals surface area contributed by atoms with Gasteiger partial charge in [-0.15, -0.1) is 0 Å². The summed E-state index contributed by atoms with van der Waals surface area (Å²) in [5.41, 5.74) is 1.76. The highest BCUT2D eigenvalue weighted by Gasteiger charge is 2.26. The lowest BCUT2D eigenvalue weighted by Gasteiger charge is -2.36. The number of aromatic nitrogens is 4. The van der Waals surface area contributed by atoms with Crippen molar-refractivity contribution in [2.45, 2.75) is 42.7 Å². The quantitative estimate of drug-likeness (QED) is 0.285. The number of H-pyrrole nitrogens is 1. The minimum atomic E-state index is 0.122. The van der Waals surface area contributed by atoms with Crippen molar-refractivity contribution in [1.82, 2.24) is 30.0 Å². The Morgan fingerprint density at radius 1 is 1.12 bits per heavy atom. The summed E-state index contributed by atoms with van der Waals surface area (Å²) in [6, 6.07) is 9.80. The van der Waals surface area contributed by atoms with Crippen molar-refractivity contribution in [3.05, 3.63) is 36.0 Å². The number of carbonyl (C=O) groups is 1. The van der Waals surface area contributed by atoms with Crippen molar-refractivity contribution >= 4 is 40.8 Å². The van der Waals surface area contributed by atoms with Gasteiger partial charge < -0.3 is 25.2 Å². The smallest absolute Gasteiger partial charge is 0.227 e. The van der Waals surface area contributed by atoms with Crippen LogP contribution in [0.1, 0.15) is 31.4 Å². The Morgan fingerprint density at radius 2 is 1.85 bits per heavy atom. The molecule has 2 aromatic heterocycles. The predicted octanol–water partition coefficient (Wildman–Crippen LogP) is 4.22. The number of hydrogen-bond donors (Lipinski definition) is 3. The number of aryl methyl sites for hydroxylation is 1. The molecule has 2 fully saturated rings. The second-order valence-electron chi connectivity index (χ2n) is 11.0. The minimum absolute atomic E-state index is 0.122. The second kappa shape index (κ2) is 13.5. The number of methoxy groups -OCH3 is 1. The van der Waals surface area contributed by atoms with Crippen LogP contribution in [0.25, 0.3) is 0 Å². The van der Waals surface area contributed by atoms with Gasteiger partial charge in [0.25, 0.3) is 0 Å². The van der Waals surface area contributed by atoms with Crippen molar-refractivity contribution < 1.29 is 9.53 Å². The number of nitrogens with one attached hydrogen (secondary N) is 3. The number of aromatic amines is 1. The van der Waals surface area contributed by atoms with Crippen LogP contribution in [0.15, 0.2) is 40.4 Å². The zero-order valence-corrected chi connectivity index (χ0v) is 25.3. The summed E-state index contributed by atoms with van der Waals surface area (Å²) in [5.74, 6) is 2.86. The summed E-state index contributed by atoms with van der Waals surface area (Å²) < 4.78 is 5.88. The Hall–Kier alpha value is -3.35. The molecule has 3 N–H and O–H groups in total. The van der Waals surface area contributed by atoms with Crippen LogP contribution in [0.2, 0.25) is 0 Å². The maximum Gasteiger partial charge on any atom is 0.227 e. The van der Waals surface area contributed by atoms with Gasteiger partial charge >= 0.3 is 0 Å². The number of benzene rings is 1. The lowest BCUT2D eigenvalue weighted by atomic mass is 10.1. The van der Waals surface area contributed by atoms with Gasteiger partial charge in [0, 0.05) is 67.5 Å². The molecular formula is C29H41N9O2S. The van der Waals surface area contributed by atoms with E-state index in [0.717, 1.165) is 87.0 Å². The minimum Gasteiger partial charge on any atom is -0.490 e. The van der Waals surface area contributed by atoms with Gasteiger partial charge in [-0.2, -0.15) is 5.10 Å². The largest absolute Gasteiger partial charge is 0.490 e. The lowest BCUT2D eigenvalue weighted by Crippen LogP contribution is -2.48. The summed E-state index contributed by atoms with van der Waals surface area (Å²) in [7, 11) is 5.87. The standard InChI is InChI=1S/C29H41N9O2S/c1-20-19-24(35-34-20)31-26-25(40-4)27(38-17-15-37(16-18-38)14-13-36(2)3)33-29(32-26)41-23-11-9-22(10-12-23)30-28(39)21-7-5-6-8-21/h9-12,19,21H,5-8,13-18H2,1-4H3,(H,30,39)(H2,31,32,33,34,35). The fourth-order valence-electron chi connectivity index (χ4n) is 5.22. The molecule has 0 atom stereocenters. The maximum atomic E-state index is 12.5. The number of amides is 1. The molecular weight excluding hydrogens is 538 g/mol. The molecule has 1 amide bonds. The summed E-state index contributed by atoms with van der Waals surface area (Å²) in [6.45, 7) is 7.65. The molecule has 0 spiro atoms. The Bertz CT molecular complexity index is 1300. The monoisotopic (exact) mass is 579 g/mol. The molecule has 1 saturated carbocycles. The van der Waals surface area contributed by atoms with E-state index in [1.807, 2.05) is 37.3 Å². The maximum absolute atomic E-state index is 12.5. The van der Waals surface area contributed by atoms with Crippen molar-refractivity contribution in [1.29, 1.82) is 0 Å². The Kier molecular flexibility index (Phi) is 9.63. The van der Waals surface area contributed by atoms with Crippen molar-refractivity contribution in [2.24, 2.45) is 5.92 Å². The molecule has 5 rings (SSSR count). The molecule has 1 saturated heterocycles. The van der Waals surface area contributed by atoms with E-state index < -0.39 is 0 Å². The van der Waals surface area contributed by atoms with Crippen LogP contribution in [0, 0.1) is 12.8 Å². The first-order valence-corrected chi connectivity index (χ1v) is 15.2. The highest BCUT2D eigenvalue weighted by Crippen LogP contribution is 2.38. The van der Waals surface area contributed by atoms with E-state index in [2.05, 4.69) is 49.6 Å². The number of likely N-dealkylation sites (N-methyl/N-ethyl adjacent to an activating group) is 1. The summed E-state index contributed by atoms with van der Waals surface area (Å²) >= 11 is 1.48. The molecule has 0 radical (unpaired) electrons. The fraction of sp³-hybridized carbons (Fsp3) is 0.517. The van der Waals surface area contributed by atoms with Crippen LogP contribution in [0.5, 0.6) is 5.75 Å². The van der Waals surface area contributed by atoms with Gasteiger partial charge in [-0.05, 0) is 69.9 Å². The number of hydrogen-bond acceptors (Lipinski definition) is 10. The van der Waals surface area contributed by atoms with E-state index >= 15 is 0 Å². The van der Waals surface area contributed by atoms with Crippen LogP contribution in [-0.2, 0) is 4.79 Å². The molecule has 11 nitrogen and oxygen atoms in total. The van der Waals surface area contributed by atoms with Gasteiger partial charge in [-0.3, -0.25) is 14.8 Å². The van der Waals surface area contributed by atoms with Gasteiger partial charge in [0.15, 0.2) is 22.6 Å². The van der Waals surface area contributed by atoms with E-state index in [1.54, 1.807) is 7.11 Å². The third-order valence-corrected chi connectivity index (χ3v) is 8.45. The molecule has 220 valence electrons. The molecule has 0 bridgehead atoms. The molecule has 3 aromatic rings. The summed E-state index contributed by atoms with van der Waals surface area (Å²) in [4.78, 5) is 30.3. The fourth-order valence-corrected chi connectivity index (χ4v) is 5.98. The molecule has 41 heavy (non-hydrogen) atoms. The van der Waals surface area contributed by atoms with Crippen LogP contribution >= 0.6 is 11.8 Å².